The third-order valence-electron chi connectivity index (χ3n) is 3.98. The molecule has 1 amide bonds. The minimum atomic E-state index is -1.04. The Morgan fingerprint density at radius 3 is 2.90 bits per heavy atom. The van der Waals surface area contributed by atoms with Crippen LogP contribution in [-0.2, 0) is 16.0 Å². The lowest BCUT2D eigenvalue weighted by Crippen LogP contribution is -2.50. The number of carboxylic acid groups (broad SMARTS) is 1. The Balaban J connectivity index is 2.04. The lowest BCUT2D eigenvalue weighted by atomic mass is 9.83. The van der Waals surface area contributed by atoms with Gasteiger partial charge in [-0.05, 0) is 19.4 Å². The van der Waals surface area contributed by atoms with Crippen LogP contribution in [0.4, 0.5) is 0 Å². The van der Waals surface area contributed by atoms with Gasteiger partial charge in [-0.15, -0.1) is 0 Å². The quantitative estimate of drug-likeness (QED) is 0.582. The van der Waals surface area contributed by atoms with Gasteiger partial charge >= 0.3 is 5.97 Å². The molecule has 7 heteroatoms. The largest absolute Gasteiger partial charge is 0.480 e. The van der Waals surface area contributed by atoms with Crippen LogP contribution in [-0.4, -0.2) is 46.1 Å². The summed E-state index contributed by atoms with van der Waals surface area (Å²) in [5.41, 5.74) is 0.203. The van der Waals surface area contributed by atoms with Gasteiger partial charge in [-0.1, -0.05) is 6.92 Å². The van der Waals surface area contributed by atoms with E-state index in [-0.39, 0.29) is 12.3 Å². The highest BCUT2D eigenvalue weighted by molar-refractivity contribution is 5.88. The van der Waals surface area contributed by atoms with Gasteiger partial charge in [0, 0.05) is 24.9 Å². The molecule has 110 valence electrons. The Hall–Kier alpha value is -1.89. The Labute approximate surface area is 117 Å². The van der Waals surface area contributed by atoms with Crippen LogP contribution in [0.3, 0.4) is 0 Å². The highest BCUT2D eigenvalue weighted by atomic mass is 16.4. The fourth-order valence-corrected chi connectivity index (χ4v) is 2.53. The van der Waals surface area contributed by atoms with Crippen molar-refractivity contribution in [1.82, 2.24) is 20.6 Å². The van der Waals surface area contributed by atoms with Crippen LogP contribution in [0.15, 0.2) is 12.5 Å². The molecule has 1 aliphatic rings. The Morgan fingerprint density at radius 1 is 1.60 bits per heavy atom. The molecule has 0 aliphatic carbocycles. The molecule has 1 fully saturated rings. The smallest absolute Gasteiger partial charge is 0.326 e. The number of nitrogens with one attached hydrogen (secondary N) is 3. The second kappa shape index (κ2) is 6.04. The molecule has 7 nitrogen and oxygen atoms in total. The second-order valence-electron chi connectivity index (χ2n) is 5.21. The van der Waals surface area contributed by atoms with Crippen molar-refractivity contribution in [3.8, 4) is 0 Å². The zero-order chi connectivity index (χ0) is 14.6. The summed E-state index contributed by atoms with van der Waals surface area (Å²) in [5.74, 6) is -1.22. The average Bonchev–Trinajstić information content (AvgIpc) is 3.09. The van der Waals surface area contributed by atoms with Crippen LogP contribution in [0, 0.1) is 5.41 Å². The summed E-state index contributed by atoms with van der Waals surface area (Å²) in [6.45, 7) is 3.35. The van der Waals surface area contributed by atoms with E-state index >= 15 is 0 Å². The van der Waals surface area contributed by atoms with Crippen LogP contribution < -0.4 is 10.6 Å². The minimum absolute atomic E-state index is 0.183. The number of imidazole rings is 1. The molecule has 0 saturated carbocycles. The molecule has 20 heavy (non-hydrogen) atoms. The molecule has 1 aliphatic heterocycles. The molecular formula is C13H20N4O3. The Bertz CT molecular complexity index is 466. The number of hydrogen-bond donors (Lipinski definition) is 4. The van der Waals surface area contributed by atoms with Gasteiger partial charge in [0.2, 0.25) is 5.91 Å². The summed E-state index contributed by atoms with van der Waals surface area (Å²) >= 11 is 0. The van der Waals surface area contributed by atoms with Crippen molar-refractivity contribution in [3.63, 3.8) is 0 Å². The first-order chi connectivity index (χ1) is 9.57. The number of carbonyl (C=O) groups is 2. The lowest BCUT2D eigenvalue weighted by molar-refractivity contribution is -0.143. The van der Waals surface area contributed by atoms with Crippen LogP contribution >= 0.6 is 0 Å². The molecule has 0 bridgehead atoms. The number of carboxylic acids is 1. The number of aromatic nitrogens is 2. The second-order valence-corrected chi connectivity index (χ2v) is 5.21. The number of hydrogen-bond acceptors (Lipinski definition) is 4. The van der Waals surface area contributed by atoms with E-state index in [9.17, 15) is 14.7 Å². The number of amides is 1. The fourth-order valence-electron chi connectivity index (χ4n) is 2.53. The minimum Gasteiger partial charge on any atom is -0.480 e. The van der Waals surface area contributed by atoms with Crippen LogP contribution in [0.5, 0.6) is 0 Å². The normalized spacial score (nSPS) is 23.4. The van der Waals surface area contributed by atoms with Crippen molar-refractivity contribution >= 4 is 11.9 Å². The van der Waals surface area contributed by atoms with Crippen molar-refractivity contribution in [2.45, 2.75) is 32.2 Å². The van der Waals surface area contributed by atoms with E-state index in [0.29, 0.717) is 18.7 Å². The Kier molecular flexibility index (Phi) is 4.39. The van der Waals surface area contributed by atoms with Crippen molar-refractivity contribution in [3.05, 3.63) is 18.2 Å². The monoisotopic (exact) mass is 280 g/mol. The van der Waals surface area contributed by atoms with Crippen molar-refractivity contribution < 1.29 is 14.7 Å². The maximum atomic E-state index is 12.4. The van der Waals surface area contributed by atoms with E-state index in [1.807, 2.05) is 6.92 Å². The molecule has 2 rings (SSSR count). The fraction of sp³-hybridized carbons (Fsp3) is 0.615. The Morgan fingerprint density at radius 2 is 2.40 bits per heavy atom. The zero-order valence-electron chi connectivity index (χ0n) is 11.5. The molecule has 2 heterocycles. The van der Waals surface area contributed by atoms with E-state index in [1.54, 1.807) is 6.20 Å². The first-order valence-electron chi connectivity index (χ1n) is 6.79. The molecular weight excluding hydrogens is 260 g/mol. The predicted octanol–water partition coefficient (Wildman–Crippen LogP) is -0.0887. The number of H-pyrrole nitrogens is 1. The van der Waals surface area contributed by atoms with Gasteiger partial charge in [0.1, 0.15) is 6.04 Å². The van der Waals surface area contributed by atoms with Crippen molar-refractivity contribution in [2.75, 3.05) is 13.1 Å². The first-order valence-corrected chi connectivity index (χ1v) is 6.79. The van der Waals surface area contributed by atoms with Gasteiger partial charge in [-0.3, -0.25) is 4.79 Å². The molecule has 0 spiro atoms. The number of nitrogens with zero attached hydrogens (tertiary/aromatic N) is 1. The summed E-state index contributed by atoms with van der Waals surface area (Å²) in [4.78, 5) is 30.4. The number of carbonyl (C=O) groups excluding carboxylic acids is 1. The molecule has 2 unspecified atom stereocenters. The standard InChI is InChI=1S/C13H20N4O3/c1-2-13(3-4-14-7-13)12(20)17-10(11(18)19)5-9-6-15-8-16-9/h6,8,10,14H,2-5,7H2,1H3,(H,15,16)(H,17,20)(H,18,19). The van der Waals surface area contributed by atoms with Gasteiger partial charge < -0.3 is 20.7 Å². The summed E-state index contributed by atoms with van der Waals surface area (Å²) < 4.78 is 0. The van der Waals surface area contributed by atoms with Crippen LogP contribution in [0.25, 0.3) is 0 Å². The first kappa shape index (κ1) is 14.5. The van der Waals surface area contributed by atoms with Gasteiger partial charge in [0.15, 0.2) is 0 Å². The SMILES string of the molecule is CCC1(C(=O)NC(Cc2cnc[nH]2)C(=O)O)CCNC1. The summed E-state index contributed by atoms with van der Waals surface area (Å²) in [5, 5.41) is 15.1. The van der Waals surface area contributed by atoms with E-state index in [0.717, 1.165) is 13.0 Å². The molecule has 0 radical (unpaired) electrons. The number of aromatic amines is 1. The van der Waals surface area contributed by atoms with Crippen molar-refractivity contribution in [2.24, 2.45) is 5.41 Å². The van der Waals surface area contributed by atoms with E-state index in [2.05, 4.69) is 20.6 Å². The molecule has 4 N–H and O–H groups in total. The third-order valence-corrected chi connectivity index (χ3v) is 3.98. The van der Waals surface area contributed by atoms with Gasteiger partial charge in [0.05, 0.1) is 11.7 Å². The summed E-state index contributed by atoms with van der Waals surface area (Å²) in [7, 11) is 0. The third kappa shape index (κ3) is 2.98. The van der Waals surface area contributed by atoms with Gasteiger partial charge in [-0.25, -0.2) is 9.78 Å². The van der Waals surface area contributed by atoms with Gasteiger partial charge in [0.25, 0.3) is 0 Å². The molecule has 2 atom stereocenters. The zero-order valence-corrected chi connectivity index (χ0v) is 11.5. The van der Waals surface area contributed by atoms with Crippen molar-refractivity contribution in [1.29, 1.82) is 0 Å². The molecule has 1 aromatic heterocycles. The number of aliphatic carboxylic acids is 1. The summed E-state index contributed by atoms with van der Waals surface area (Å²) in [6, 6.07) is -0.938. The predicted molar refractivity (Wildman–Crippen MR) is 72.1 cm³/mol. The van der Waals surface area contributed by atoms with Gasteiger partial charge in [-0.2, -0.15) is 0 Å². The van der Waals surface area contributed by atoms with E-state index in [4.69, 9.17) is 0 Å². The number of rotatable bonds is 6. The van der Waals surface area contributed by atoms with E-state index in [1.165, 1.54) is 6.33 Å². The van der Waals surface area contributed by atoms with Crippen LogP contribution in [0.2, 0.25) is 0 Å². The molecule has 1 aromatic rings. The maximum absolute atomic E-state index is 12.4. The summed E-state index contributed by atoms with van der Waals surface area (Å²) in [6.07, 6.45) is 4.70. The lowest BCUT2D eigenvalue weighted by Gasteiger charge is -2.27. The highest BCUT2D eigenvalue weighted by Gasteiger charge is 2.40. The molecule has 0 aromatic carbocycles. The average molecular weight is 280 g/mol. The van der Waals surface area contributed by atoms with E-state index < -0.39 is 17.4 Å². The highest BCUT2D eigenvalue weighted by Crippen LogP contribution is 2.29. The van der Waals surface area contributed by atoms with Crippen LogP contribution in [0.1, 0.15) is 25.5 Å². The molecule has 1 saturated heterocycles. The maximum Gasteiger partial charge on any atom is 0.326 e. The topological polar surface area (TPSA) is 107 Å².